The summed E-state index contributed by atoms with van der Waals surface area (Å²) in [5.41, 5.74) is -0.664. The molecule has 158 valence electrons. The molecule has 1 aliphatic heterocycles. The number of nitrogens with one attached hydrogen (secondary N) is 1. The summed E-state index contributed by atoms with van der Waals surface area (Å²) in [6.07, 6.45) is 3.06. The van der Waals surface area contributed by atoms with Crippen molar-refractivity contribution in [2.24, 2.45) is 0 Å². The topological polar surface area (TPSA) is 96.8 Å². The summed E-state index contributed by atoms with van der Waals surface area (Å²) in [6.45, 7) is 5.01. The van der Waals surface area contributed by atoms with Gasteiger partial charge in [0.05, 0.1) is 12.1 Å². The van der Waals surface area contributed by atoms with Crippen LogP contribution in [0, 0.1) is 10.6 Å². The van der Waals surface area contributed by atoms with Crippen molar-refractivity contribution in [3.63, 3.8) is 0 Å². The lowest BCUT2D eigenvalue weighted by atomic mass is 10.2. The van der Waals surface area contributed by atoms with E-state index in [-0.39, 0.29) is 33.5 Å². The van der Waals surface area contributed by atoms with E-state index in [1.54, 1.807) is 9.25 Å². The number of carboxylic acids is 1. The first kappa shape index (κ1) is 19.3. The molecular weight excluding hydrogens is 411 g/mol. The maximum absolute atomic E-state index is 15.0. The Morgan fingerprint density at radius 3 is 2.87 bits per heavy atom. The van der Waals surface area contributed by atoms with Gasteiger partial charge in [0, 0.05) is 37.9 Å². The molecule has 11 heteroatoms. The molecule has 3 aromatic rings. The average molecular weight is 432 g/mol. The summed E-state index contributed by atoms with van der Waals surface area (Å²) in [5.74, 6) is -2.04. The Hall–Kier alpha value is -2.63. The molecule has 1 unspecified atom stereocenters. The molecule has 1 aliphatic carbocycles. The molecule has 9 nitrogen and oxygen atoms in total. The summed E-state index contributed by atoms with van der Waals surface area (Å²) in [4.78, 5) is 26.6. The molecule has 2 fully saturated rings. The van der Waals surface area contributed by atoms with Crippen LogP contribution in [0.2, 0.25) is 0 Å². The molecule has 1 saturated carbocycles. The van der Waals surface area contributed by atoms with Crippen molar-refractivity contribution in [3.8, 4) is 0 Å². The minimum atomic E-state index is -1.33. The van der Waals surface area contributed by atoms with Gasteiger partial charge in [-0.15, -0.1) is 5.10 Å². The first-order chi connectivity index (χ1) is 14.4. The van der Waals surface area contributed by atoms with E-state index in [2.05, 4.69) is 22.2 Å². The smallest absolute Gasteiger partial charge is 0.341 e. The van der Waals surface area contributed by atoms with Crippen LogP contribution in [-0.2, 0) is 6.67 Å². The highest BCUT2D eigenvalue weighted by atomic mass is 32.1. The van der Waals surface area contributed by atoms with Crippen LogP contribution in [0.15, 0.2) is 17.1 Å². The number of aromatic nitrogens is 4. The number of aromatic carboxylic acids is 1. The van der Waals surface area contributed by atoms with Crippen LogP contribution in [0.1, 0.15) is 36.2 Å². The van der Waals surface area contributed by atoms with Crippen LogP contribution in [0.25, 0.3) is 16.7 Å². The minimum absolute atomic E-state index is 0.00186. The SMILES string of the molecule is CC1CNCCN1Cn1nc2c(F)cc3c(=O)c(C(=O)O)cn(C4CC4)c3n2c1=S. The molecule has 30 heavy (non-hydrogen) atoms. The Kier molecular flexibility index (Phi) is 4.49. The summed E-state index contributed by atoms with van der Waals surface area (Å²) in [5, 5.41) is 17.2. The molecule has 0 bridgehead atoms. The molecule has 0 spiro atoms. The monoisotopic (exact) mass is 432 g/mol. The van der Waals surface area contributed by atoms with Crippen LogP contribution in [0.5, 0.6) is 0 Å². The van der Waals surface area contributed by atoms with Crippen molar-refractivity contribution in [1.29, 1.82) is 0 Å². The fraction of sp³-hybridized carbons (Fsp3) is 0.474. The fourth-order valence-electron chi connectivity index (χ4n) is 4.10. The zero-order valence-corrected chi connectivity index (χ0v) is 17.2. The van der Waals surface area contributed by atoms with E-state index in [9.17, 15) is 19.1 Å². The van der Waals surface area contributed by atoms with Crippen molar-refractivity contribution in [1.82, 2.24) is 29.0 Å². The standard InChI is InChI=1S/C19H21FN6O3S/c1-10-7-21-4-5-23(10)9-25-19(30)26-16(22-25)14(20)6-12-15(27)13(18(28)29)8-24(17(12)26)11-2-3-11/h6,8,10-11,21H,2-5,7,9H2,1H3,(H,28,29). The molecular formula is C19H21FN6O3S. The van der Waals surface area contributed by atoms with Gasteiger partial charge in [-0.25, -0.2) is 18.3 Å². The predicted octanol–water partition coefficient (Wildman–Crippen LogP) is 1.60. The number of carboxylic acid groups (broad SMARTS) is 1. The number of rotatable bonds is 4. The van der Waals surface area contributed by atoms with Gasteiger partial charge in [0.25, 0.3) is 0 Å². The molecule has 1 atom stereocenters. The third-order valence-electron chi connectivity index (χ3n) is 5.90. The molecule has 2 aliphatic rings. The number of fused-ring (bicyclic) bond motifs is 3. The second-order valence-electron chi connectivity index (χ2n) is 7.99. The van der Waals surface area contributed by atoms with Gasteiger partial charge in [-0.1, -0.05) is 0 Å². The Morgan fingerprint density at radius 1 is 1.43 bits per heavy atom. The number of hydrogen-bond donors (Lipinski definition) is 2. The first-order valence-electron chi connectivity index (χ1n) is 9.92. The Bertz CT molecular complexity index is 1310. The number of piperazine rings is 1. The van der Waals surface area contributed by atoms with Gasteiger partial charge in [-0.3, -0.25) is 9.69 Å². The van der Waals surface area contributed by atoms with Crippen LogP contribution in [0.4, 0.5) is 4.39 Å². The second-order valence-corrected chi connectivity index (χ2v) is 8.36. The lowest BCUT2D eigenvalue weighted by Gasteiger charge is -2.33. The molecule has 0 aromatic carbocycles. The van der Waals surface area contributed by atoms with Gasteiger partial charge in [-0.2, -0.15) is 0 Å². The van der Waals surface area contributed by atoms with Crippen molar-refractivity contribution in [2.75, 3.05) is 19.6 Å². The molecule has 0 radical (unpaired) electrons. The van der Waals surface area contributed by atoms with E-state index < -0.39 is 17.2 Å². The van der Waals surface area contributed by atoms with Crippen molar-refractivity contribution < 1.29 is 14.3 Å². The molecule has 0 amide bonds. The van der Waals surface area contributed by atoms with E-state index in [1.165, 1.54) is 10.6 Å². The molecule has 3 aromatic heterocycles. The maximum atomic E-state index is 15.0. The second kappa shape index (κ2) is 6.96. The minimum Gasteiger partial charge on any atom is -0.477 e. The quantitative estimate of drug-likeness (QED) is 0.605. The molecule has 4 heterocycles. The van der Waals surface area contributed by atoms with Crippen molar-refractivity contribution >= 4 is 34.9 Å². The number of hydrogen-bond acceptors (Lipinski definition) is 6. The maximum Gasteiger partial charge on any atom is 0.341 e. The zero-order chi connectivity index (χ0) is 21.2. The van der Waals surface area contributed by atoms with Gasteiger partial charge < -0.3 is 15.0 Å². The third kappa shape index (κ3) is 2.96. The van der Waals surface area contributed by atoms with Crippen LogP contribution in [-0.4, -0.2) is 60.4 Å². The van der Waals surface area contributed by atoms with Gasteiger partial charge in [-0.05, 0) is 38.0 Å². The fourth-order valence-corrected chi connectivity index (χ4v) is 4.37. The Morgan fingerprint density at radius 2 is 2.20 bits per heavy atom. The predicted molar refractivity (Wildman–Crippen MR) is 110 cm³/mol. The van der Waals surface area contributed by atoms with E-state index in [1.807, 2.05) is 0 Å². The lowest BCUT2D eigenvalue weighted by molar-refractivity contribution is 0.0695. The van der Waals surface area contributed by atoms with E-state index in [0.717, 1.165) is 38.5 Å². The van der Waals surface area contributed by atoms with E-state index in [4.69, 9.17) is 12.2 Å². The highest BCUT2D eigenvalue weighted by molar-refractivity contribution is 7.71. The molecule has 1 saturated heterocycles. The van der Waals surface area contributed by atoms with Crippen LogP contribution in [0.3, 0.4) is 0 Å². The largest absolute Gasteiger partial charge is 0.477 e. The highest BCUT2D eigenvalue weighted by Gasteiger charge is 2.29. The van der Waals surface area contributed by atoms with Crippen molar-refractivity contribution in [2.45, 2.75) is 38.5 Å². The summed E-state index contributed by atoms with van der Waals surface area (Å²) < 4.78 is 20.0. The number of nitrogens with zero attached hydrogens (tertiary/aromatic N) is 5. The van der Waals surface area contributed by atoms with Crippen LogP contribution >= 0.6 is 12.2 Å². The lowest BCUT2D eigenvalue weighted by Crippen LogP contribution is -2.50. The molecule has 5 rings (SSSR count). The van der Waals surface area contributed by atoms with E-state index in [0.29, 0.717) is 12.3 Å². The van der Waals surface area contributed by atoms with Crippen LogP contribution < -0.4 is 10.7 Å². The number of pyridine rings is 2. The summed E-state index contributed by atoms with van der Waals surface area (Å²) in [7, 11) is 0. The first-order valence-corrected chi connectivity index (χ1v) is 10.3. The van der Waals surface area contributed by atoms with Gasteiger partial charge >= 0.3 is 5.97 Å². The van der Waals surface area contributed by atoms with Gasteiger partial charge in [0.1, 0.15) is 11.2 Å². The number of carbonyl (C=O) groups is 1. The van der Waals surface area contributed by atoms with E-state index >= 15 is 0 Å². The highest BCUT2D eigenvalue weighted by Crippen LogP contribution is 2.37. The Labute approximate surface area is 175 Å². The summed E-state index contributed by atoms with van der Waals surface area (Å²) in [6, 6.07) is 1.41. The number of halogens is 1. The Balaban J connectivity index is 1.78. The average Bonchev–Trinajstić information content (AvgIpc) is 3.49. The molecule has 2 N–H and O–H groups in total. The third-order valence-corrected chi connectivity index (χ3v) is 6.30. The zero-order valence-electron chi connectivity index (χ0n) is 16.3. The normalized spacial score (nSPS) is 20.3. The van der Waals surface area contributed by atoms with Crippen molar-refractivity contribution in [3.05, 3.63) is 38.6 Å². The van der Waals surface area contributed by atoms with Gasteiger partial charge in [0.15, 0.2) is 11.5 Å². The summed E-state index contributed by atoms with van der Waals surface area (Å²) >= 11 is 5.64. The van der Waals surface area contributed by atoms with Gasteiger partial charge in [0.2, 0.25) is 10.2 Å².